The molecule has 1 aromatic rings. The van der Waals surface area contributed by atoms with E-state index in [-0.39, 0.29) is 17.1 Å². The molecule has 0 unspecified atom stereocenters. The lowest BCUT2D eigenvalue weighted by molar-refractivity contribution is 0.0685. The van der Waals surface area contributed by atoms with Crippen molar-refractivity contribution in [2.75, 3.05) is 18.1 Å². The second kappa shape index (κ2) is 8.12. The quantitative estimate of drug-likeness (QED) is 0.525. The fourth-order valence-electron chi connectivity index (χ4n) is 1.70. The molecule has 8 heteroatoms. The minimum Gasteiger partial charge on any atom is -0.477 e. The van der Waals surface area contributed by atoms with E-state index in [1.165, 1.54) is 28.6 Å². The van der Waals surface area contributed by atoms with E-state index in [1.54, 1.807) is 0 Å². The molecular weight excluding hydrogens is 312 g/mol. The summed E-state index contributed by atoms with van der Waals surface area (Å²) in [5.41, 5.74) is -0.0288. The summed E-state index contributed by atoms with van der Waals surface area (Å²) in [5.74, 6) is 2.39. The third-order valence-corrected chi connectivity index (χ3v) is 4.88. The topological polar surface area (TPSA) is 88.4 Å². The highest BCUT2D eigenvalue weighted by atomic mass is 32.2. The van der Waals surface area contributed by atoms with Crippen molar-refractivity contribution >= 4 is 27.8 Å². The van der Waals surface area contributed by atoms with Crippen LogP contribution >= 0.6 is 11.8 Å². The third-order valence-electron chi connectivity index (χ3n) is 2.59. The van der Waals surface area contributed by atoms with Gasteiger partial charge in [-0.1, -0.05) is 12.8 Å². The fraction of sp³-hybridized carbons (Fsp3) is 0.462. The van der Waals surface area contributed by atoms with Crippen molar-refractivity contribution in [1.82, 2.24) is 9.29 Å². The summed E-state index contributed by atoms with van der Waals surface area (Å²) in [5, 5.41) is 9.09. The summed E-state index contributed by atoms with van der Waals surface area (Å²) < 4.78 is 28.0. The molecule has 0 aliphatic heterocycles. The lowest BCUT2D eigenvalue weighted by Gasteiger charge is -2.04. The predicted molar refractivity (Wildman–Crippen MR) is 83.0 cm³/mol. The van der Waals surface area contributed by atoms with Gasteiger partial charge in [0.1, 0.15) is 10.6 Å². The Morgan fingerprint density at radius 1 is 1.57 bits per heavy atom. The van der Waals surface area contributed by atoms with Gasteiger partial charge in [0.05, 0.1) is 5.75 Å². The van der Waals surface area contributed by atoms with E-state index >= 15 is 0 Å². The summed E-state index contributed by atoms with van der Waals surface area (Å²) >= 11 is 1.45. The molecule has 0 saturated carbocycles. The number of carboxylic acid groups (broad SMARTS) is 1. The molecule has 0 atom stereocenters. The van der Waals surface area contributed by atoms with Crippen LogP contribution in [-0.4, -0.2) is 42.1 Å². The molecule has 0 aliphatic rings. The van der Waals surface area contributed by atoms with Crippen molar-refractivity contribution < 1.29 is 18.3 Å². The lowest BCUT2D eigenvalue weighted by Crippen LogP contribution is -2.25. The Morgan fingerprint density at radius 2 is 2.29 bits per heavy atom. The van der Waals surface area contributed by atoms with Crippen LogP contribution in [0.25, 0.3) is 0 Å². The minimum absolute atomic E-state index is 0.0288. The first-order valence-corrected chi connectivity index (χ1v) is 9.00. The molecule has 1 rings (SSSR count). The molecule has 0 fully saturated rings. The molecule has 2 N–H and O–H groups in total. The minimum atomic E-state index is -3.70. The van der Waals surface area contributed by atoms with Crippen LogP contribution in [-0.2, 0) is 16.6 Å². The average molecular weight is 330 g/mol. The van der Waals surface area contributed by atoms with Crippen molar-refractivity contribution in [3.63, 3.8) is 0 Å². The van der Waals surface area contributed by atoms with E-state index in [2.05, 4.69) is 10.6 Å². The van der Waals surface area contributed by atoms with Crippen molar-refractivity contribution in [3.8, 4) is 12.3 Å². The van der Waals surface area contributed by atoms with E-state index in [0.29, 0.717) is 24.5 Å². The Balaban J connectivity index is 2.81. The number of carbonyl (C=O) groups is 1. The van der Waals surface area contributed by atoms with E-state index < -0.39 is 16.0 Å². The molecule has 0 amide bonds. The van der Waals surface area contributed by atoms with Gasteiger partial charge in [-0.2, -0.15) is 0 Å². The van der Waals surface area contributed by atoms with Crippen LogP contribution in [0, 0.1) is 12.3 Å². The smallest absolute Gasteiger partial charge is 0.352 e. The predicted octanol–water partition coefficient (Wildman–Crippen LogP) is 1.24. The van der Waals surface area contributed by atoms with Gasteiger partial charge < -0.3 is 9.67 Å². The maximum absolute atomic E-state index is 12.1. The van der Waals surface area contributed by atoms with E-state index in [0.717, 1.165) is 0 Å². The molecule has 0 aromatic carbocycles. The molecule has 1 aromatic heterocycles. The molecule has 116 valence electrons. The fourth-order valence-corrected chi connectivity index (χ4v) is 3.41. The Labute approximate surface area is 129 Å². The van der Waals surface area contributed by atoms with E-state index in [9.17, 15) is 13.2 Å². The highest BCUT2D eigenvalue weighted by molar-refractivity contribution is 7.99. The number of rotatable bonds is 9. The third kappa shape index (κ3) is 5.12. The van der Waals surface area contributed by atoms with Crippen LogP contribution < -0.4 is 4.72 Å². The highest BCUT2D eigenvalue weighted by Crippen LogP contribution is 2.15. The van der Waals surface area contributed by atoms with Crippen LogP contribution in [0.5, 0.6) is 0 Å². The SMILES string of the molecule is C#CCSCCNS(=O)(=O)c1cc(C(=O)O)n(CCC)c1. The number of hydrogen-bond acceptors (Lipinski definition) is 4. The first kappa shape index (κ1) is 17.6. The molecule has 0 aliphatic carbocycles. The number of nitrogens with one attached hydrogen (secondary N) is 1. The molecule has 21 heavy (non-hydrogen) atoms. The lowest BCUT2D eigenvalue weighted by atomic mass is 10.4. The first-order chi connectivity index (χ1) is 9.92. The summed E-state index contributed by atoms with van der Waals surface area (Å²) in [6.45, 7) is 2.59. The number of carboxylic acids is 1. The first-order valence-electron chi connectivity index (χ1n) is 6.36. The zero-order valence-corrected chi connectivity index (χ0v) is 13.3. The highest BCUT2D eigenvalue weighted by Gasteiger charge is 2.20. The number of thioether (sulfide) groups is 1. The van der Waals surface area contributed by atoms with Crippen molar-refractivity contribution in [2.45, 2.75) is 24.8 Å². The number of hydrogen-bond donors (Lipinski definition) is 2. The molecule has 1 heterocycles. The van der Waals surface area contributed by atoms with Gasteiger partial charge in [0.2, 0.25) is 10.0 Å². The van der Waals surface area contributed by atoms with Gasteiger partial charge in [-0.25, -0.2) is 17.9 Å². The Bertz CT molecular complexity index is 629. The summed E-state index contributed by atoms with van der Waals surface area (Å²) in [6, 6.07) is 1.18. The largest absolute Gasteiger partial charge is 0.477 e. The zero-order valence-electron chi connectivity index (χ0n) is 11.7. The Morgan fingerprint density at radius 3 is 2.86 bits per heavy atom. The van der Waals surface area contributed by atoms with E-state index in [4.69, 9.17) is 11.5 Å². The molecule has 0 bridgehead atoms. The second-order valence-electron chi connectivity index (χ2n) is 4.21. The van der Waals surface area contributed by atoms with Gasteiger partial charge in [0.25, 0.3) is 0 Å². The second-order valence-corrected chi connectivity index (χ2v) is 7.09. The Hall–Kier alpha value is -1.43. The molecular formula is C13H18N2O4S2. The molecule has 0 spiro atoms. The van der Waals surface area contributed by atoms with Gasteiger partial charge in [0.15, 0.2) is 0 Å². The van der Waals surface area contributed by atoms with Crippen molar-refractivity contribution in [3.05, 3.63) is 18.0 Å². The Kier molecular flexibility index (Phi) is 6.81. The van der Waals surface area contributed by atoms with Gasteiger partial charge in [-0.3, -0.25) is 0 Å². The number of aromatic nitrogens is 1. The summed E-state index contributed by atoms with van der Waals surface area (Å²) in [6.07, 6.45) is 7.16. The number of aryl methyl sites for hydroxylation is 1. The normalized spacial score (nSPS) is 11.2. The van der Waals surface area contributed by atoms with Crippen LogP contribution in [0.2, 0.25) is 0 Å². The molecule has 6 nitrogen and oxygen atoms in total. The average Bonchev–Trinajstić information content (AvgIpc) is 2.84. The zero-order chi connectivity index (χ0) is 15.9. The van der Waals surface area contributed by atoms with Gasteiger partial charge in [0, 0.05) is 25.0 Å². The van der Waals surface area contributed by atoms with Gasteiger partial charge >= 0.3 is 5.97 Å². The van der Waals surface area contributed by atoms with Crippen LogP contribution in [0.4, 0.5) is 0 Å². The maximum Gasteiger partial charge on any atom is 0.352 e. The molecule has 0 radical (unpaired) electrons. The van der Waals surface area contributed by atoms with Crippen molar-refractivity contribution in [2.24, 2.45) is 0 Å². The number of terminal acetylenes is 1. The monoisotopic (exact) mass is 330 g/mol. The van der Waals surface area contributed by atoms with Crippen LogP contribution in [0.1, 0.15) is 23.8 Å². The van der Waals surface area contributed by atoms with Crippen molar-refractivity contribution in [1.29, 1.82) is 0 Å². The number of nitrogens with zero attached hydrogens (tertiary/aromatic N) is 1. The molecule has 0 saturated heterocycles. The van der Waals surface area contributed by atoms with Crippen LogP contribution in [0.15, 0.2) is 17.2 Å². The van der Waals surface area contributed by atoms with Gasteiger partial charge in [-0.05, 0) is 12.5 Å². The maximum atomic E-state index is 12.1. The number of sulfonamides is 1. The summed E-state index contributed by atoms with van der Waals surface area (Å²) in [7, 11) is -3.70. The standard InChI is InChI=1S/C13H18N2O4S2/c1-3-6-15-10-11(9-12(15)13(16)17)21(18,19)14-5-8-20-7-4-2/h2,9-10,14H,3,5-8H2,1H3,(H,16,17). The number of aromatic carboxylic acids is 1. The van der Waals surface area contributed by atoms with Gasteiger partial charge in [-0.15, -0.1) is 18.2 Å². The van der Waals surface area contributed by atoms with Crippen LogP contribution in [0.3, 0.4) is 0 Å². The van der Waals surface area contributed by atoms with E-state index in [1.807, 2.05) is 6.92 Å². The summed E-state index contributed by atoms with van der Waals surface area (Å²) in [4.78, 5) is 11.1.